The molecule has 0 spiro atoms. The topological polar surface area (TPSA) is 87.3 Å². The third kappa shape index (κ3) is 4.87. The van der Waals surface area contributed by atoms with Gasteiger partial charge in [-0.3, -0.25) is 9.52 Å². The number of benzene rings is 4. The summed E-state index contributed by atoms with van der Waals surface area (Å²) in [4.78, 5) is 13.4. The van der Waals surface area contributed by atoms with Crippen LogP contribution in [0.1, 0.15) is 52.7 Å². The Morgan fingerprint density at radius 3 is 2.29 bits per heavy atom. The lowest BCUT2D eigenvalue weighted by atomic mass is 9.68. The highest BCUT2D eigenvalue weighted by molar-refractivity contribution is 7.92. The Kier molecular flexibility index (Phi) is 6.51. The van der Waals surface area contributed by atoms with Gasteiger partial charge in [0.1, 0.15) is 0 Å². The van der Waals surface area contributed by atoms with Crippen LogP contribution >= 0.6 is 11.6 Å². The van der Waals surface area contributed by atoms with Gasteiger partial charge in [0.05, 0.1) is 10.9 Å². The molecule has 2 aliphatic carbocycles. The minimum Gasteiger partial charge on any atom is -0.378 e. The molecule has 3 N–H and O–H groups in total. The minimum absolute atomic E-state index is 0.0978. The number of hydrogen-bond donors (Lipinski definition) is 3. The lowest BCUT2D eigenvalue weighted by Gasteiger charge is -2.43. The van der Waals surface area contributed by atoms with Crippen LogP contribution in [0.3, 0.4) is 0 Å². The third-order valence-corrected chi connectivity index (χ3v) is 10.7. The van der Waals surface area contributed by atoms with Crippen molar-refractivity contribution in [3.8, 4) is 0 Å². The maximum Gasteiger partial charge on any atom is 0.261 e. The van der Waals surface area contributed by atoms with Gasteiger partial charge in [-0.25, -0.2) is 8.42 Å². The Hall–Kier alpha value is -3.81. The Labute approximate surface area is 245 Å². The van der Waals surface area contributed by atoms with E-state index in [9.17, 15) is 13.2 Å². The molecule has 2 saturated carbocycles. The van der Waals surface area contributed by atoms with E-state index in [0.717, 1.165) is 5.69 Å². The van der Waals surface area contributed by atoms with Gasteiger partial charge in [0.25, 0.3) is 15.9 Å². The zero-order valence-corrected chi connectivity index (χ0v) is 23.8. The fourth-order valence-electron chi connectivity index (χ4n) is 7.27. The molecule has 0 saturated heterocycles. The molecule has 208 valence electrons. The standard InChI is InChI=1S/C33H30ClN3O3S/c34-24-9-11-26(12-10-24)37-41(39,40)27-15-13-25(14-16-27)35-33(38)23-8-17-29-28(19-23)30-21-6-7-22(18-21)31(30)32(36-29)20-4-2-1-3-5-20/h1-5,8-17,19,21-22,30-32,36-37H,6-7,18H2,(H,35,38)/t21-,22-,30-,31+,32+/m0/s1. The second-order valence-electron chi connectivity index (χ2n) is 11.4. The molecule has 6 nitrogen and oxygen atoms in total. The molecular formula is C33H30ClN3O3S. The molecule has 4 aromatic rings. The van der Waals surface area contributed by atoms with Crippen LogP contribution < -0.4 is 15.4 Å². The number of fused-ring (bicyclic) bond motifs is 7. The molecule has 3 aliphatic rings. The van der Waals surface area contributed by atoms with Gasteiger partial charge in [-0.2, -0.15) is 0 Å². The largest absolute Gasteiger partial charge is 0.378 e. The Balaban J connectivity index is 1.10. The first-order valence-electron chi connectivity index (χ1n) is 14.0. The van der Waals surface area contributed by atoms with Crippen molar-refractivity contribution in [2.24, 2.45) is 17.8 Å². The zero-order chi connectivity index (χ0) is 28.1. The van der Waals surface area contributed by atoms with E-state index in [1.807, 2.05) is 12.1 Å². The van der Waals surface area contributed by atoms with Crippen LogP contribution in [0, 0.1) is 17.8 Å². The summed E-state index contributed by atoms with van der Waals surface area (Å²) >= 11 is 5.89. The molecule has 1 aliphatic heterocycles. The average Bonchev–Trinajstić information content (AvgIpc) is 3.62. The van der Waals surface area contributed by atoms with E-state index < -0.39 is 10.0 Å². The average molecular weight is 584 g/mol. The van der Waals surface area contributed by atoms with E-state index in [1.165, 1.54) is 42.5 Å². The molecule has 1 heterocycles. The maximum atomic E-state index is 13.3. The van der Waals surface area contributed by atoms with Gasteiger partial charge in [0, 0.05) is 27.6 Å². The van der Waals surface area contributed by atoms with Crippen LogP contribution in [-0.4, -0.2) is 14.3 Å². The van der Waals surface area contributed by atoms with Crippen molar-refractivity contribution in [3.05, 3.63) is 119 Å². The number of nitrogens with one attached hydrogen (secondary N) is 3. The number of hydrogen-bond acceptors (Lipinski definition) is 4. The molecule has 2 fully saturated rings. The van der Waals surface area contributed by atoms with Crippen molar-refractivity contribution in [2.75, 3.05) is 15.4 Å². The number of amides is 1. The molecule has 0 radical (unpaired) electrons. The third-order valence-electron chi connectivity index (χ3n) is 9.03. The lowest BCUT2D eigenvalue weighted by Crippen LogP contribution is -2.35. The molecule has 2 bridgehead atoms. The highest BCUT2D eigenvalue weighted by Crippen LogP contribution is 2.63. The summed E-state index contributed by atoms with van der Waals surface area (Å²) in [6.45, 7) is 0. The Morgan fingerprint density at radius 1 is 0.829 bits per heavy atom. The zero-order valence-electron chi connectivity index (χ0n) is 22.3. The number of halogens is 1. The molecule has 0 unspecified atom stereocenters. The molecule has 1 amide bonds. The van der Waals surface area contributed by atoms with Crippen molar-refractivity contribution >= 4 is 44.6 Å². The van der Waals surface area contributed by atoms with Crippen molar-refractivity contribution in [1.29, 1.82) is 0 Å². The highest BCUT2D eigenvalue weighted by Gasteiger charge is 2.53. The summed E-state index contributed by atoms with van der Waals surface area (Å²) in [5.41, 5.74) is 5.24. The predicted octanol–water partition coefficient (Wildman–Crippen LogP) is 7.69. The normalized spacial score (nSPS) is 24.2. The number of sulfonamides is 1. The van der Waals surface area contributed by atoms with Gasteiger partial charge >= 0.3 is 0 Å². The summed E-state index contributed by atoms with van der Waals surface area (Å²) in [7, 11) is -3.78. The van der Waals surface area contributed by atoms with Crippen LogP contribution in [-0.2, 0) is 10.0 Å². The van der Waals surface area contributed by atoms with Crippen LogP contribution in [0.25, 0.3) is 0 Å². The molecule has 5 atom stereocenters. The van der Waals surface area contributed by atoms with Crippen molar-refractivity contribution in [1.82, 2.24) is 0 Å². The quantitative estimate of drug-likeness (QED) is 0.217. The molecule has 7 rings (SSSR count). The second-order valence-corrected chi connectivity index (χ2v) is 13.5. The molecule has 41 heavy (non-hydrogen) atoms. The van der Waals surface area contributed by atoms with Crippen LogP contribution in [0.15, 0.2) is 102 Å². The van der Waals surface area contributed by atoms with E-state index in [1.54, 1.807) is 36.4 Å². The summed E-state index contributed by atoms with van der Waals surface area (Å²) in [6.07, 6.45) is 3.80. The summed E-state index contributed by atoms with van der Waals surface area (Å²) in [6, 6.07) is 29.6. The van der Waals surface area contributed by atoms with Gasteiger partial charge < -0.3 is 10.6 Å². The van der Waals surface area contributed by atoms with Crippen LogP contribution in [0.5, 0.6) is 0 Å². The van der Waals surface area contributed by atoms with Crippen LogP contribution in [0.4, 0.5) is 17.1 Å². The fourth-order valence-corrected chi connectivity index (χ4v) is 8.45. The Bertz CT molecular complexity index is 1710. The van der Waals surface area contributed by atoms with Crippen molar-refractivity contribution in [2.45, 2.75) is 36.1 Å². The minimum atomic E-state index is -3.78. The maximum absolute atomic E-state index is 13.3. The molecular weight excluding hydrogens is 554 g/mol. The van der Waals surface area contributed by atoms with E-state index in [2.05, 4.69) is 51.8 Å². The van der Waals surface area contributed by atoms with Gasteiger partial charge in [0.2, 0.25) is 0 Å². The lowest BCUT2D eigenvalue weighted by molar-refractivity contribution is 0.102. The first-order chi connectivity index (χ1) is 19.9. The number of carbonyl (C=O) groups is 1. The van der Waals surface area contributed by atoms with Gasteiger partial charge in [-0.15, -0.1) is 0 Å². The summed E-state index contributed by atoms with van der Waals surface area (Å²) < 4.78 is 28.1. The smallest absolute Gasteiger partial charge is 0.261 e. The van der Waals surface area contributed by atoms with E-state index >= 15 is 0 Å². The highest BCUT2D eigenvalue weighted by atomic mass is 35.5. The number of rotatable bonds is 6. The molecule has 0 aromatic heterocycles. The second kappa shape index (κ2) is 10.2. The first-order valence-corrected chi connectivity index (χ1v) is 15.9. The first kappa shape index (κ1) is 26.1. The SMILES string of the molecule is O=C(Nc1ccc(S(=O)(=O)Nc2ccc(Cl)cc2)cc1)c1ccc2c(c1)[C@@H]1[C@H]3CC[C@@H](C3)[C@H]1[C@@H](c1ccccc1)N2. The van der Waals surface area contributed by atoms with Gasteiger partial charge in [-0.05, 0) is 121 Å². The fraction of sp³-hybridized carbons (Fsp3) is 0.242. The number of carbonyl (C=O) groups excluding carboxylic acids is 1. The number of anilines is 3. The van der Waals surface area contributed by atoms with Crippen LogP contribution in [0.2, 0.25) is 5.02 Å². The van der Waals surface area contributed by atoms with Gasteiger partial charge in [-0.1, -0.05) is 41.9 Å². The predicted molar refractivity (Wildman–Crippen MR) is 163 cm³/mol. The Morgan fingerprint density at radius 2 is 1.54 bits per heavy atom. The van der Waals surface area contributed by atoms with E-state index in [-0.39, 0.29) is 16.8 Å². The molecule has 8 heteroatoms. The summed E-state index contributed by atoms with van der Waals surface area (Å²) in [5.74, 6) is 2.12. The molecule has 4 aromatic carbocycles. The monoisotopic (exact) mass is 583 g/mol. The van der Waals surface area contributed by atoms with E-state index in [4.69, 9.17) is 11.6 Å². The van der Waals surface area contributed by atoms with Crippen molar-refractivity contribution in [3.63, 3.8) is 0 Å². The van der Waals surface area contributed by atoms with Crippen molar-refractivity contribution < 1.29 is 13.2 Å². The van der Waals surface area contributed by atoms with E-state index in [0.29, 0.717) is 45.6 Å². The van der Waals surface area contributed by atoms with Gasteiger partial charge in [0.15, 0.2) is 0 Å². The summed E-state index contributed by atoms with van der Waals surface area (Å²) in [5, 5.41) is 7.29.